The van der Waals surface area contributed by atoms with Crippen LogP contribution in [0.4, 0.5) is 5.00 Å². The first-order chi connectivity index (χ1) is 13.5. The molecule has 1 aromatic carbocycles. The molecule has 1 aliphatic rings. The summed E-state index contributed by atoms with van der Waals surface area (Å²) in [7, 11) is 0. The molecule has 0 spiro atoms. The van der Waals surface area contributed by atoms with Gasteiger partial charge in [0.1, 0.15) is 5.00 Å². The number of carbonyl (C=O) groups excluding carboxylic acids is 2. The Morgan fingerprint density at radius 1 is 1.18 bits per heavy atom. The van der Waals surface area contributed by atoms with Crippen molar-refractivity contribution >= 4 is 45.9 Å². The van der Waals surface area contributed by atoms with Gasteiger partial charge in [-0.1, -0.05) is 36.2 Å². The van der Waals surface area contributed by atoms with Gasteiger partial charge in [0.15, 0.2) is 0 Å². The zero-order valence-corrected chi connectivity index (χ0v) is 17.7. The lowest BCUT2D eigenvalue weighted by atomic mass is 10.1. The van der Waals surface area contributed by atoms with E-state index < -0.39 is 0 Å². The number of esters is 1. The van der Waals surface area contributed by atoms with Crippen LogP contribution in [-0.4, -0.2) is 18.0 Å². The molecular formula is C22H24ClNO3S. The maximum absolute atomic E-state index is 12.7. The highest BCUT2D eigenvalue weighted by Gasteiger charge is 2.27. The molecule has 148 valence electrons. The average Bonchev–Trinajstić information content (AvgIpc) is 2.81. The Morgan fingerprint density at radius 2 is 1.93 bits per heavy atom. The largest absolute Gasteiger partial charge is 0.459 e. The summed E-state index contributed by atoms with van der Waals surface area (Å²) in [4.78, 5) is 26.4. The van der Waals surface area contributed by atoms with Crippen LogP contribution >= 0.6 is 22.9 Å². The smallest absolute Gasteiger partial charge is 0.341 e. The summed E-state index contributed by atoms with van der Waals surface area (Å²) >= 11 is 7.62. The van der Waals surface area contributed by atoms with E-state index in [1.807, 2.05) is 32.0 Å². The highest BCUT2D eigenvalue weighted by atomic mass is 35.5. The second-order valence-electron chi connectivity index (χ2n) is 7.07. The molecular weight excluding hydrogens is 394 g/mol. The third kappa shape index (κ3) is 5.03. The van der Waals surface area contributed by atoms with E-state index >= 15 is 0 Å². The highest BCUT2D eigenvalue weighted by Crippen LogP contribution is 2.38. The number of rotatable bonds is 5. The van der Waals surface area contributed by atoms with Crippen molar-refractivity contribution in [3.8, 4) is 0 Å². The lowest BCUT2D eigenvalue weighted by molar-refractivity contribution is -0.111. The van der Waals surface area contributed by atoms with Crippen molar-refractivity contribution in [3.05, 3.63) is 56.9 Å². The SMILES string of the molecule is CC(C)OC(=O)c1c(NC(=O)C=Cc2ccccc2Cl)sc2c1CCCCC2. The third-order valence-corrected chi connectivity index (χ3v) is 6.08. The van der Waals surface area contributed by atoms with Crippen LogP contribution in [0.5, 0.6) is 0 Å². The van der Waals surface area contributed by atoms with Crippen LogP contribution in [-0.2, 0) is 22.4 Å². The molecule has 4 nitrogen and oxygen atoms in total. The average molecular weight is 418 g/mol. The Morgan fingerprint density at radius 3 is 2.68 bits per heavy atom. The summed E-state index contributed by atoms with van der Waals surface area (Å²) in [6.07, 6.45) is 7.98. The molecule has 28 heavy (non-hydrogen) atoms. The van der Waals surface area contributed by atoms with Crippen molar-refractivity contribution in [2.24, 2.45) is 0 Å². The second-order valence-corrected chi connectivity index (χ2v) is 8.58. The first-order valence-electron chi connectivity index (χ1n) is 9.55. The highest BCUT2D eigenvalue weighted by molar-refractivity contribution is 7.17. The predicted octanol–water partition coefficient (Wildman–Crippen LogP) is 5.89. The van der Waals surface area contributed by atoms with Gasteiger partial charge in [0.25, 0.3) is 0 Å². The quantitative estimate of drug-likeness (QED) is 0.375. The van der Waals surface area contributed by atoms with Crippen LogP contribution < -0.4 is 5.32 Å². The molecule has 1 heterocycles. The van der Waals surface area contributed by atoms with Gasteiger partial charge < -0.3 is 10.1 Å². The van der Waals surface area contributed by atoms with Gasteiger partial charge in [-0.3, -0.25) is 4.79 Å². The Hall–Kier alpha value is -2.11. The summed E-state index contributed by atoms with van der Waals surface area (Å²) in [6, 6.07) is 7.31. The lowest BCUT2D eigenvalue weighted by Gasteiger charge is -2.11. The number of anilines is 1. The van der Waals surface area contributed by atoms with Crippen molar-refractivity contribution in [2.75, 3.05) is 5.32 Å². The Bertz CT molecular complexity index is 901. The van der Waals surface area contributed by atoms with Gasteiger partial charge in [-0.25, -0.2) is 4.79 Å². The van der Waals surface area contributed by atoms with Gasteiger partial charge in [-0.15, -0.1) is 11.3 Å². The van der Waals surface area contributed by atoms with E-state index in [1.165, 1.54) is 22.3 Å². The van der Waals surface area contributed by atoms with Crippen LogP contribution in [0.3, 0.4) is 0 Å². The fourth-order valence-corrected chi connectivity index (χ4v) is 4.73. The molecule has 2 aromatic rings. The third-order valence-electron chi connectivity index (χ3n) is 4.52. The van der Waals surface area contributed by atoms with E-state index in [0.29, 0.717) is 15.6 Å². The van der Waals surface area contributed by atoms with Gasteiger partial charge in [0.2, 0.25) is 5.91 Å². The van der Waals surface area contributed by atoms with Crippen LogP contribution in [0.2, 0.25) is 5.02 Å². The fraction of sp³-hybridized carbons (Fsp3) is 0.364. The van der Waals surface area contributed by atoms with Crippen molar-refractivity contribution in [1.82, 2.24) is 0 Å². The topological polar surface area (TPSA) is 55.4 Å². The van der Waals surface area contributed by atoms with Crippen molar-refractivity contribution < 1.29 is 14.3 Å². The zero-order valence-electron chi connectivity index (χ0n) is 16.1. The normalized spacial score (nSPS) is 14.0. The lowest BCUT2D eigenvalue weighted by Crippen LogP contribution is -2.16. The molecule has 1 N–H and O–H groups in total. The van der Waals surface area contributed by atoms with Gasteiger partial charge >= 0.3 is 5.97 Å². The molecule has 0 saturated heterocycles. The van der Waals surface area contributed by atoms with Crippen LogP contribution in [0.15, 0.2) is 30.3 Å². The molecule has 0 unspecified atom stereocenters. The van der Waals surface area contributed by atoms with E-state index in [2.05, 4.69) is 5.32 Å². The summed E-state index contributed by atoms with van der Waals surface area (Å²) in [5.41, 5.74) is 2.33. The molecule has 1 aromatic heterocycles. The molecule has 1 aliphatic carbocycles. The minimum absolute atomic E-state index is 0.211. The van der Waals surface area contributed by atoms with Gasteiger partial charge in [-0.05, 0) is 62.8 Å². The number of halogens is 1. The number of carbonyl (C=O) groups is 2. The number of aryl methyl sites for hydroxylation is 1. The number of ether oxygens (including phenoxy) is 1. The van der Waals surface area contributed by atoms with E-state index in [-0.39, 0.29) is 18.0 Å². The maximum Gasteiger partial charge on any atom is 0.341 e. The predicted molar refractivity (Wildman–Crippen MR) is 115 cm³/mol. The second kappa shape index (κ2) is 9.39. The number of benzene rings is 1. The van der Waals surface area contributed by atoms with E-state index in [1.54, 1.807) is 12.1 Å². The Kier molecular flexibility index (Phi) is 6.92. The van der Waals surface area contributed by atoms with E-state index in [0.717, 1.165) is 43.2 Å². The van der Waals surface area contributed by atoms with Crippen LogP contribution in [0, 0.1) is 0 Å². The molecule has 1 amide bonds. The molecule has 0 bridgehead atoms. The van der Waals surface area contributed by atoms with E-state index in [4.69, 9.17) is 16.3 Å². The fourth-order valence-electron chi connectivity index (χ4n) is 3.25. The Balaban J connectivity index is 1.85. The van der Waals surface area contributed by atoms with Crippen LogP contribution in [0.25, 0.3) is 6.08 Å². The van der Waals surface area contributed by atoms with Crippen molar-refractivity contribution in [1.29, 1.82) is 0 Å². The molecule has 0 atom stereocenters. The van der Waals surface area contributed by atoms with Gasteiger partial charge in [0.05, 0.1) is 11.7 Å². The number of hydrogen-bond donors (Lipinski definition) is 1. The number of thiophene rings is 1. The van der Waals surface area contributed by atoms with Crippen molar-refractivity contribution in [2.45, 2.75) is 52.1 Å². The number of fused-ring (bicyclic) bond motifs is 1. The molecule has 0 fully saturated rings. The summed E-state index contributed by atoms with van der Waals surface area (Å²) in [5, 5.41) is 4.04. The summed E-state index contributed by atoms with van der Waals surface area (Å²) < 4.78 is 5.45. The first kappa shape index (κ1) is 20.6. The summed E-state index contributed by atoms with van der Waals surface area (Å²) in [6.45, 7) is 3.65. The molecule has 3 rings (SSSR count). The van der Waals surface area contributed by atoms with Crippen molar-refractivity contribution in [3.63, 3.8) is 0 Å². The Labute approximate surface area is 174 Å². The number of amides is 1. The molecule has 0 saturated carbocycles. The zero-order chi connectivity index (χ0) is 20.1. The van der Waals surface area contributed by atoms with E-state index in [9.17, 15) is 9.59 Å². The molecule has 0 radical (unpaired) electrons. The summed E-state index contributed by atoms with van der Waals surface area (Å²) in [5.74, 6) is -0.658. The number of nitrogens with one attached hydrogen (secondary N) is 1. The van der Waals surface area contributed by atoms with Crippen LogP contribution in [0.1, 0.15) is 59.5 Å². The monoisotopic (exact) mass is 417 g/mol. The first-order valence-corrected chi connectivity index (χ1v) is 10.7. The standard InChI is InChI=1S/C22H24ClNO3S/c1-14(2)27-22(26)20-16-9-4-3-5-11-18(16)28-21(20)24-19(25)13-12-15-8-6-7-10-17(15)23/h6-8,10,12-14H,3-5,9,11H2,1-2H3,(H,24,25). The number of hydrogen-bond acceptors (Lipinski definition) is 4. The minimum atomic E-state index is -0.361. The van der Waals surface area contributed by atoms with Gasteiger partial charge in [-0.2, -0.15) is 0 Å². The molecule has 0 aliphatic heterocycles. The minimum Gasteiger partial charge on any atom is -0.459 e. The van der Waals surface area contributed by atoms with Gasteiger partial charge in [0, 0.05) is 16.0 Å². The molecule has 6 heteroatoms. The maximum atomic E-state index is 12.7.